The Labute approximate surface area is 186 Å². The van der Waals surface area contributed by atoms with E-state index in [0.29, 0.717) is 5.69 Å². The van der Waals surface area contributed by atoms with Crippen LogP contribution in [0, 0.1) is 13.5 Å². The van der Waals surface area contributed by atoms with Crippen LogP contribution < -0.4 is 10.6 Å². The van der Waals surface area contributed by atoms with Gasteiger partial charge in [-0.25, -0.2) is 4.85 Å². The van der Waals surface area contributed by atoms with E-state index in [4.69, 9.17) is 12.3 Å². The molecule has 0 bridgehead atoms. The number of aryl methyl sites for hydroxylation is 1. The number of rotatable bonds is 2. The first-order valence-corrected chi connectivity index (χ1v) is 10.8. The Balaban J connectivity index is 1.47. The van der Waals surface area contributed by atoms with Gasteiger partial charge in [0.15, 0.2) is 11.5 Å². The largest absolute Gasteiger partial charge is 0.370 e. The highest BCUT2D eigenvalue weighted by Crippen LogP contribution is 2.36. The minimum Gasteiger partial charge on any atom is -0.370 e. The zero-order chi connectivity index (χ0) is 21.8. The molecular weight excluding hydrogens is 398 g/mol. The van der Waals surface area contributed by atoms with Crippen molar-refractivity contribution in [1.29, 1.82) is 0 Å². The molecule has 0 spiro atoms. The van der Waals surface area contributed by atoms with E-state index in [1.807, 2.05) is 31.2 Å². The van der Waals surface area contributed by atoms with Gasteiger partial charge in [-0.05, 0) is 48.7 Å². The van der Waals surface area contributed by atoms with Gasteiger partial charge in [0.05, 0.1) is 18.0 Å². The molecule has 1 atom stereocenters. The van der Waals surface area contributed by atoms with Crippen molar-refractivity contribution < 1.29 is 0 Å². The van der Waals surface area contributed by atoms with Gasteiger partial charge in [-0.2, -0.15) is 0 Å². The summed E-state index contributed by atoms with van der Waals surface area (Å²) in [7, 11) is 0. The third-order valence-electron chi connectivity index (χ3n) is 6.51. The second-order valence-corrected chi connectivity index (χ2v) is 8.61. The van der Waals surface area contributed by atoms with Crippen molar-refractivity contribution in [3.63, 3.8) is 0 Å². The lowest BCUT2D eigenvalue weighted by atomic mass is 10.1. The smallest absolute Gasteiger partial charge is 0.187 e. The van der Waals surface area contributed by atoms with E-state index in [-0.39, 0.29) is 6.04 Å². The summed E-state index contributed by atoms with van der Waals surface area (Å²) in [5, 5.41) is 8.92. The maximum Gasteiger partial charge on any atom is 0.187 e. The van der Waals surface area contributed by atoms with Crippen molar-refractivity contribution in [2.24, 2.45) is 5.73 Å². The molecule has 2 aromatic heterocycles. The Bertz CT molecular complexity index is 1370. The van der Waals surface area contributed by atoms with Crippen LogP contribution in [-0.2, 0) is 6.54 Å². The Hall–Kier alpha value is -3.89. The van der Waals surface area contributed by atoms with Gasteiger partial charge in [0.2, 0.25) is 0 Å². The third kappa shape index (κ3) is 2.92. The molecule has 2 aliphatic rings. The molecule has 158 valence electrons. The van der Waals surface area contributed by atoms with E-state index in [1.54, 1.807) is 0 Å². The average molecular weight is 422 g/mol. The van der Waals surface area contributed by atoms with Crippen molar-refractivity contribution in [3.05, 3.63) is 77.5 Å². The summed E-state index contributed by atoms with van der Waals surface area (Å²) in [6, 6.07) is 16.8. The van der Waals surface area contributed by atoms with Gasteiger partial charge < -0.3 is 15.2 Å². The minimum atomic E-state index is 0.244. The van der Waals surface area contributed by atoms with Crippen LogP contribution in [0.25, 0.3) is 33.2 Å². The Morgan fingerprint density at radius 3 is 2.66 bits per heavy atom. The fourth-order valence-corrected chi connectivity index (χ4v) is 4.85. The lowest BCUT2D eigenvalue weighted by molar-refractivity contribution is 0.752. The molecule has 1 fully saturated rings. The van der Waals surface area contributed by atoms with Crippen molar-refractivity contribution in [2.45, 2.75) is 25.9 Å². The van der Waals surface area contributed by atoms with E-state index in [1.165, 1.54) is 11.3 Å². The van der Waals surface area contributed by atoms with E-state index in [0.717, 1.165) is 60.2 Å². The molecule has 1 saturated heterocycles. The first kappa shape index (κ1) is 18.8. The summed E-state index contributed by atoms with van der Waals surface area (Å²) >= 11 is 0. The number of benzene rings is 2. The number of nitrogens with two attached hydrogens (primary N) is 1. The van der Waals surface area contributed by atoms with Crippen LogP contribution in [-0.4, -0.2) is 38.5 Å². The van der Waals surface area contributed by atoms with E-state index in [2.05, 4.69) is 59.5 Å². The molecule has 6 rings (SSSR count). The maximum absolute atomic E-state index is 7.18. The standard InChI is InChI=1S/C25H23N7/c1-16-28-29-25-24-12-18(17-3-5-21(27-2)6-4-17)13-31(24)14-19-11-22(7-8-23(19)32(16)25)30-10-9-20(26)15-30/h3-8,11-13,20H,9-10,14-15,26H2,1H3/t20-/m0/s1. The molecule has 7 heteroatoms. The van der Waals surface area contributed by atoms with Crippen LogP contribution >= 0.6 is 0 Å². The predicted octanol–water partition coefficient (Wildman–Crippen LogP) is 4.16. The second kappa shape index (κ2) is 7.08. The summed E-state index contributed by atoms with van der Waals surface area (Å²) in [6.45, 7) is 11.8. The van der Waals surface area contributed by atoms with Crippen LogP contribution in [0.2, 0.25) is 0 Å². The van der Waals surface area contributed by atoms with Crippen molar-refractivity contribution in [2.75, 3.05) is 18.0 Å². The van der Waals surface area contributed by atoms with Gasteiger partial charge >= 0.3 is 0 Å². The number of fused-ring (bicyclic) bond motifs is 5. The van der Waals surface area contributed by atoms with Crippen molar-refractivity contribution in [3.8, 4) is 28.3 Å². The fourth-order valence-electron chi connectivity index (χ4n) is 4.85. The zero-order valence-corrected chi connectivity index (χ0v) is 17.9. The molecule has 0 amide bonds. The quantitative estimate of drug-likeness (QED) is 0.435. The number of hydrogen-bond acceptors (Lipinski definition) is 4. The minimum absolute atomic E-state index is 0.244. The third-order valence-corrected chi connectivity index (χ3v) is 6.51. The molecule has 2 aromatic carbocycles. The lowest BCUT2D eigenvalue weighted by Gasteiger charge is -2.20. The fraction of sp³-hybridized carbons (Fsp3) is 0.240. The molecule has 4 aromatic rings. The first-order chi connectivity index (χ1) is 15.6. The van der Waals surface area contributed by atoms with Gasteiger partial charge in [-0.1, -0.05) is 24.3 Å². The Morgan fingerprint density at radius 2 is 1.91 bits per heavy atom. The molecular formula is C25H23N7. The number of hydrogen-bond donors (Lipinski definition) is 1. The molecule has 0 saturated carbocycles. The van der Waals surface area contributed by atoms with E-state index >= 15 is 0 Å². The molecule has 0 aliphatic carbocycles. The normalized spacial score (nSPS) is 16.8. The Morgan fingerprint density at radius 1 is 1.06 bits per heavy atom. The highest BCUT2D eigenvalue weighted by Gasteiger charge is 2.26. The lowest BCUT2D eigenvalue weighted by Crippen LogP contribution is -2.26. The highest BCUT2D eigenvalue weighted by molar-refractivity contribution is 5.73. The molecule has 0 unspecified atom stereocenters. The van der Waals surface area contributed by atoms with Gasteiger partial charge in [0.1, 0.15) is 5.82 Å². The van der Waals surface area contributed by atoms with Crippen molar-refractivity contribution >= 4 is 11.4 Å². The number of nitrogens with zero attached hydrogens (tertiary/aromatic N) is 6. The summed E-state index contributed by atoms with van der Waals surface area (Å²) in [5.74, 6) is 1.72. The summed E-state index contributed by atoms with van der Waals surface area (Å²) in [6.07, 6.45) is 3.20. The summed E-state index contributed by atoms with van der Waals surface area (Å²) < 4.78 is 4.41. The number of anilines is 1. The summed E-state index contributed by atoms with van der Waals surface area (Å²) in [5.41, 5.74) is 13.6. The van der Waals surface area contributed by atoms with Crippen LogP contribution in [0.5, 0.6) is 0 Å². The monoisotopic (exact) mass is 421 g/mol. The van der Waals surface area contributed by atoms with Gasteiger partial charge in [0, 0.05) is 43.1 Å². The highest BCUT2D eigenvalue weighted by atomic mass is 15.3. The van der Waals surface area contributed by atoms with Gasteiger partial charge in [-0.15, -0.1) is 10.2 Å². The Kier molecular flexibility index (Phi) is 4.17. The topological polar surface area (TPSA) is 69.3 Å². The van der Waals surface area contributed by atoms with Gasteiger partial charge in [0.25, 0.3) is 0 Å². The zero-order valence-electron chi connectivity index (χ0n) is 17.9. The van der Waals surface area contributed by atoms with Crippen LogP contribution in [0.3, 0.4) is 0 Å². The van der Waals surface area contributed by atoms with Crippen LogP contribution in [0.1, 0.15) is 17.8 Å². The van der Waals surface area contributed by atoms with Crippen LogP contribution in [0.15, 0.2) is 54.7 Å². The van der Waals surface area contributed by atoms with Crippen molar-refractivity contribution in [1.82, 2.24) is 19.3 Å². The molecule has 7 nitrogen and oxygen atoms in total. The average Bonchev–Trinajstić information content (AvgIpc) is 3.51. The molecule has 4 heterocycles. The molecule has 2 aliphatic heterocycles. The predicted molar refractivity (Wildman–Crippen MR) is 125 cm³/mol. The van der Waals surface area contributed by atoms with Crippen LogP contribution in [0.4, 0.5) is 11.4 Å². The molecule has 2 N–H and O–H groups in total. The maximum atomic E-state index is 7.18. The SMILES string of the molecule is [C-]#[N+]c1ccc(-c2cc3n(c2)Cc2cc(N4CC[C@H](N)C4)ccc2-n2c(C)nnc2-3)cc1. The number of aromatic nitrogens is 4. The molecule has 32 heavy (non-hydrogen) atoms. The summed E-state index contributed by atoms with van der Waals surface area (Å²) in [4.78, 5) is 5.87. The molecule has 0 radical (unpaired) electrons. The van der Waals surface area contributed by atoms with Gasteiger partial charge in [-0.3, -0.25) is 4.57 Å². The first-order valence-electron chi connectivity index (χ1n) is 10.8. The van der Waals surface area contributed by atoms with E-state index in [9.17, 15) is 0 Å². The van der Waals surface area contributed by atoms with E-state index < -0.39 is 0 Å². The second-order valence-electron chi connectivity index (χ2n) is 8.61.